The molecule has 0 aliphatic carbocycles. The van der Waals surface area contributed by atoms with Gasteiger partial charge in [-0.05, 0) is 44.0 Å². The predicted molar refractivity (Wildman–Crippen MR) is 128 cm³/mol. The van der Waals surface area contributed by atoms with E-state index >= 15 is 0 Å². The summed E-state index contributed by atoms with van der Waals surface area (Å²) in [5.41, 5.74) is 0.606. The largest absolute Gasteiger partial charge is 0.470 e. The summed E-state index contributed by atoms with van der Waals surface area (Å²) in [6.07, 6.45) is 2.21. The second kappa shape index (κ2) is 11.7. The van der Waals surface area contributed by atoms with Gasteiger partial charge in [0.15, 0.2) is 12.4 Å². The average Bonchev–Trinajstić information content (AvgIpc) is 3.42. The molecule has 2 heterocycles. The molecule has 0 saturated heterocycles. The summed E-state index contributed by atoms with van der Waals surface area (Å²) in [4.78, 5) is 38.0. The van der Waals surface area contributed by atoms with Gasteiger partial charge in [-0.25, -0.2) is 14.3 Å². The quantitative estimate of drug-likeness (QED) is 0.389. The molecule has 0 atom stereocenters. The number of aromatic nitrogens is 2. The molecule has 0 aliphatic heterocycles. The number of hydrogen-bond donors (Lipinski definition) is 1. The monoisotopic (exact) mass is 505 g/mol. The van der Waals surface area contributed by atoms with E-state index in [2.05, 4.69) is 10.4 Å². The fraction of sp³-hybridized carbons (Fsp3) is 0.304. The van der Waals surface area contributed by atoms with E-state index in [9.17, 15) is 14.4 Å². The summed E-state index contributed by atoms with van der Waals surface area (Å²) in [7, 11) is 0. The molecule has 1 aromatic carbocycles. The number of halogens is 1. The number of esters is 2. The van der Waals surface area contributed by atoms with Crippen LogP contribution in [0.2, 0.25) is 5.02 Å². The Labute approximate surface area is 205 Å². The summed E-state index contributed by atoms with van der Waals surface area (Å²) in [6, 6.07) is 8.51. The van der Waals surface area contributed by atoms with Gasteiger partial charge in [-0.3, -0.25) is 4.79 Å². The molecule has 0 radical (unpaired) electrons. The van der Waals surface area contributed by atoms with Crippen molar-refractivity contribution in [3.8, 4) is 5.75 Å². The van der Waals surface area contributed by atoms with Crippen molar-refractivity contribution in [2.45, 2.75) is 33.9 Å². The first-order valence-electron chi connectivity index (χ1n) is 10.5. The standard InChI is InChI=1S/C23H24ClN3O6S/c1-4-12-32-22(29)18-14(3)19(23(30)31-5-2)34-21(18)25-20(28)16-10-11-27(26-16)13-33-17-9-7-6-8-15(17)24/h6-11H,4-5,12-13H2,1-3H3,(H,25,28). The van der Waals surface area contributed by atoms with E-state index in [-0.39, 0.29) is 41.1 Å². The van der Waals surface area contributed by atoms with Gasteiger partial charge in [0.25, 0.3) is 5.91 Å². The van der Waals surface area contributed by atoms with Gasteiger partial charge in [0.05, 0.1) is 23.8 Å². The zero-order valence-electron chi connectivity index (χ0n) is 18.9. The number of rotatable bonds is 10. The fourth-order valence-corrected chi connectivity index (χ4v) is 4.20. The number of amides is 1. The summed E-state index contributed by atoms with van der Waals surface area (Å²) < 4.78 is 17.4. The molecule has 9 nitrogen and oxygen atoms in total. The Kier molecular flexibility index (Phi) is 8.67. The molecule has 0 fully saturated rings. The molecule has 0 saturated carbocycles. The molecule has 34 heavy (non-hydrogen) atoms. The van der Waals surface area contributed by atoms with Gasteiger partial charge in [-0.15, -0.1) is 11.3 Å². The SMILES string of the molecule is CCCOC(=O)c1c(NC(=O)c2ccn(COc3ccccc3Cl)n2)sc(C(=O)OCC)c1C. The molecular formula is C23H24ClN3O6S. The van der Waals surface area contributed by atoms with Crippen LogP contribution in [0.1, 0.15) is 56.3 Å². The highest BCUT2D eigenvalue weighted by Gasteiger charge is 2.28. The van der Waals surface area contributed by atoms with E-state index in [1.807, 2.05) is 6.92 Å². The molecule has 0 aliphatic rings. The van der Waals surface area contributed by atoms with Crippen LogP contribution >= 0.6 is 22.9 Å². The van der Waals surface area contributed by atoms with Crippen LogP contribution in [0, 0.1) is 6.92 Å². The highest BCUT2D eigenvalue weighted by atomic mass is 35.5. The van der Waals surface area contributed by atoms with Crippen LogP contribution in [-0.2, 0) is 16.2 Å². The second-order valence-corrected chi connectivity index (χ2v) is 8.44. The molecular weight excluding hydrogens is 482 g/mol. The first-order chi connectivity index (χ1) is 16.3. The van der Waals surface area contributed by atoms with Gasteiger partial charge in [-0.2, -0.15) is 5.10 Å². The van der Waals surface area contributed by atoms with E-state index < -0.39 is 17.8 Å². The van der Waals surface area contributed by atoms with Crippen LogP contribution in [0.4, 0.5) is 5.00 Å². The maximum Gasteiger partial charge on any atom is 0.348 e. The normalized spacial score (nSPS) is 10.6. The first-order valence-corrected chi connectivity index (χ1v) is 11.7. The zero-order chi connectivity index (χ0) is 24.7. The lowest BCUT2D eigenvalue weighted by atomic mass is 10.1. The third kappa shape index (κ3) is 5.95. The van der Waals surface area contributed by atoms with E-state index in [4.69, 9.17) is 25.8 Å². The summed E-state index contributed by atoms with van der Waals surface area (Å²) in [5, 5.41) is 7.52. The lowest BCUT2D eigenvalue weighted by Gasteiger charge is -2.08. The van der Waals surface area contributed by atoms with E-state index in [0.29, 0.717) is 22.8 Å². The van der Waals surface area contributed by atoms with Crippen molar-refractivity contribution < 1.29 is 28.6 Å². The van der Waals surface area contributed by atoms with Crippen molar-refractivity contribution >= 4 is 45.8 Å². The molecule has 2 aromatic heterocycles. The molecule has 180 valence electrons. The molecule has 11 heteroatoms. The maximum absolute atomic E-state index is 12.9. The van der Waals surface area contributed by atoms with Crippen molar-refractivity contribution in [2.24, 2.45) is 0 Å². The van der Waals surface area contributed by atoms with E-state index in [0.717, 1.165) is 11.3 Å². The Morgan fingerprint density at radius 2 is 1.88 bits per heavy atom. The number of hydrogen-bond acceptors (Lipinski definition) is 8. The van der Waals surface area contributed by atoms with Gasteiger partial charge < -0.3 is 19.5 Å². The summed E-state index contributed by atoms with van der Waals surface area (Å²) in [5.74, 6) is -1.27. The molecule has 0 bridgehead atoms. The average molecular weight is 506 g/mol. The van der Waals surface area contributed by atoms with Crippen LogP contribution in [0.25, 0.3) is 0 Å². The molecule has 3 rings (SSSR count). The lowest BCUT2D eigenvalue weighted by molar-refractivity contribution is 0.0506. The third-order valence-electron chi connectivity index (χ3n) is 4.54. The summed E-state index contributed by atoms with van der Waals surface area (Å²) in [6.45, 7) is 5.60. The minimum atomic E-state index is -0.625. The molecule has 1 amide bonds. The highest BCUT2D eigenvalue weighted by Crippen LogP contribution is 2.34. The van der Waals surface area contributed by atoms with Crippen molar-refractivity contribution in [1.82, 2.24) is 9.78 Å². The number of nitrogens with zero attached hydrogens (tertiary/aromatic N) is 2. The van der Waals surface area contributed by atoms with Gasteiger partial charge in [0.1, 0.15) is 15.6 Å². The van der Waals surface area contributed by atoms with Crippen LogP contribution < -0.4 is 10.1 Å². The van der Waals surface area contributed by atoms with Crippen LogP contribution in [0.5, 0.6) is 5.75 Å². The number of ether oxygens (including phenoxy) is 3. The van der Waals surface area contributed by atoms with Gasteiger partial charge in [0.2, 0.25) is 0 Å². The minimum absolute atomic E-state index is 0.0384. The van der Waals surface area contributed by atoms with Crippen molar-refractivity contribution in [2.75, 3.05) is 18.5 Å². The molecule has 0 unspecified atom stereocenters. The number of nitrogens with one attached hydrogen (secondary N) is 1. The topological polar surface area (TPSA) is 109 Å². The first kappa shape index (κ1) is 25.3. The third-order valence-corrected chi connectivity index (χ3v) is 6.04. The lowest BCUT2D eigenvalue weighted by Crippen LogP contribution is -2.16. The Morgan fingerprint density at radius 1 is 1.12 bits per heavy atom. The van der Waals surface area contributed by atoms with E-state index in [1.54, 1.807) is 44.3 Å². The number of carbonyl (C=O) groups excluding carboxylic acids is 3. The number of benzene rings is 1. The van der Waals surface area contributed by atoms with Crippen molar-refractivity contribution in [3.05, 3.63) is 63.2 Å². The van der Waals surface area contributed by atoms with Gasteiger partial charge in [-0.1, -0.05) is 30.7 Å². The van der Waals surface area contributed by atoms with Crippen molar-refractivity contribution in [1.29, 1.82) is 0 Å². The molecule has 3 aromatic rings. The maximum atomic E-state index is 12.9. The number of para-hydroxylation sites is 1. The molecule has 1 N–H and O–H groups in total. The second-order valence-electron chi connectivity index (χ2n) is 7.02. The Bertz CT molecular complexity index is 1190. The van der Waals surface area contributed by atoms with Crippen LogP contribution in [0.15, 0.2) is 36.5 Å². The van der Waals surface area contributed by atoms with E-state index in [1.165, 1.54) is 10.7 Å². The Morgan fingerprint density at radius 3 is 2.59 bits per heavy atom. The van der Waals surface area contributed by atoms with Crippen molar-refractivity contribution in [3.63, 3.8) is 0 Å². The molecule has 0 spiro atoms. The number of thiophene rings is 1. The number of anilines is 1. The van der Waals surface area contributed by atoms with Gasteiger partial charge in [0, 0.05) is 6.20 Å². The number of carbonyl (C=O) groups is 3. The Balaban J connectivity index is 1.78. The fourth-order valence-electron chi connectivity index (χ4n) is 2.92. The predicted octanol–water partition coefficient (Wildman–Crippen LogP) is 4.94. The smallest absolute Gasteiger partial charge is 0.348 e. The van der Waals surface area contributed by atoms with Crippen LogP contribution in [0.3, 0.4) is 0 Å². The van der Waals surface area contributed by atoms with Crippen LogP contribution in [-0.4, -0.2) is 40.8 Å². The Hall–Kier alpha value is -3.37. The highest BCUT2D eigenvalue weighted by molar-refractivity contribution is 7.18. The zero-order valence-corrected chi connectivity index (χ0v) is 20.5. The summed E-state index contributed by atoms with van der Waals surface area (Å²) >= 11 is 7.03. The van der Waals surface area contributed by atoms with Gasteiger partial charge >= 0.3 is 11.9 Å². The minimum Gasteiger partial charge on any atom is -0.470 e.